The summed E-state index contributed by atoms with van der Waals surface area (Å²) in [4.78, 5) is 10.3. The highest BCUT2D eigenvalue weighted by Gasteiger charge is 2.13. The van der Waals surface area contributed by atoms with Gasteiger partial charge in [-0.15, -0.1) is 0 Å². The van der Waals surface area contributed by atoms with Gasteiger partial charge in [-0.05, 0) is 27.7 Å². The number of hydrogen-bond donors (Lipinski definition) is 2. The van der Waals surface area contributed by atoms with Gasteiger partial charge < -0.3 is 14.9 Å². The van der Waals surface area contributed by atoms with Crippen LogP contribution in [-0.2, 0) is 9.53 Å². The van der Waals surface area contributed by atoms with Crippen molar-refractivity contribution in [2.24, 2.45) is 0 Å². The summed E-state index contributed by atoms with van der Waals surface area (Å²) in [5.74, 6) is 0.0255. The third-order valence-electron chi connectivity index (χ3n) is 1.12. The Hall–Kier alpha value is -0.450. The Labute approximate surface area is 85.9 Å². The number of ketones is 1. The molecule has 0 aromatic carbocycles. The fourth-order valence-electron chi connectivity index (χ4n) is 0.818. The number of ether oxygens (including phenoxy) is 1. The molecule has 0 aliphatic heterocycles. The predicted octanol–water partition coefficient (Wildman–Crippen LogP) is 0.752. The van der Waals surface area contributed by atoms with E-state index in [0.717, 1.165) is 0 Å². The second kappa shape index (κ2) is 9.12. The number of Topliss-reactive ketones (excluding diaryl/α,β-unsaturated/α-hetero) is 1. The molecule has 0 fully saturated rings. The van der Waals surface area contributed by atoms with Crippen LogP contribution in [0.4, 0.5) is 0 Å². The van der Waals surface area contributed by atoms with E-state index in [2.05, 4.69) is 0 Å². The van der Waals surface area contributed by atoms with Crippen molar-refractivity contribution in [2.75, 3.05) is 19.8 Å². The lowest BCUT2D eigenvalue weighted by molar-refractivity contribution is -0.120. The average molecular weight is 206 g/mol. The highest BCUT2D eigenvalue weighted by Crippen LogP contribution is 2.06. The van der Waals surface area contributed by atoms with E-state index in [1.54, 1.807) is 13.8 Å². The maximum absolute atomic E-state index is 10.3. The van der Waals surface area contributed by atoms with Crippen molar-refractivity contribution in [3.63, 3.8) is 0 Å². The van der Waals surface area contributed by atoms with Crippen LogP contribution in [0.1, 0.15) is 34.1 Å². The van der Waals surface area contributed by atoms with Crippen molar-refractivity contribution >= 4 is 5.78 Å². The molecule has 0 unspecified atom stereocenters. The van der Waals surface area contributed by atoms with Crippen LogP contribution in [0.3, 0.4) is 0 Å². The summed E-state index contributed by atoms with van der Waals surface area (Å²) in [5, 5.41) is 17.0. The van der Waals surface area contributed by atoms with E-state index < -0.39 is 5.60 Å². The normalized spacial score (nSPS) is 10.4. The van der Waals surface area contributed by atoms with Crippen molar-refractivity contribution in [3.8, 4) is 0 Å². The molecule has 14 heavy (non-hydrogen) atoms. The number of aliphatic hydroxyl groups excluding tert-OH is 1. The van der Waals surface area contributed by atoms with Gasteiger partial charge in [0, 0.05) is 13.0 Å². The number of rotatable bonds is 5. The van der Waals surface area contributed by atoms with Crippen LogP contribution in [-0.4, -0.2) is 41.4 Å². The van der Waals surface area contributed by atoms with Crippen molar-refractivity contribution in [3.05, 3.63) is 0 Å². The molecule has 0 spiro atoms. The van der Waals surface area contributed by atoms with Gasteiger partial charge >= 0.3 is 0 Å². The minimum atomic E-state index is -0.828. The van der Waals surface area contributed by atoms with Crippen molar-refractivity contribution in [1.29, 1.82) is 0 Å². The monoisotopic (exact) mass is 206 g/mol. The van der Waals surface area contributed by atoms with E-state index in [0.29, 0.717) is 13.2 Å². The molecule has 4 heteroatoms. The van der Waals surface area contributed by atoms with Crippen LogP contribution >= 0.6 is 0 Å². The first-order chi connectivity index (χ1) is 6.33. The fourth-order valence-corrected chi connectivity index (χ4v) is 0.818. The van der Waals surface area contributed by atoms with E-state index in [1.165, 1.54) is 6.92 Å². The first kappa shape index (κ1) is 16.0. The van der Waals surface area contributed by atoms with Crippen molar-refractivity contribution in [2.45, 2.75) is 39.7 Å². The summed E-state index contributed by atoms with van der Waals surface area (Å²) < 4.78 is 4.73. The third-order valence-corrected chi connectivity index (χ3v) is 1.12. The van der Waals surface area contributed by atoms with Crippen molar-refractivity contribution in [1.82, 2.24) is 0 Å². The molecule has 0 radical (unpaired) electrons. The Morgan fingerprint density at radius 3 is 2.00 bits per heavy atom. The summed E-state index contributed by atoms with van der Waals surface area (Å²) in [7, 11) is 0. The zero-order valence-electron chi connectivity index (χ0n) is 9.54. The average Bonchev–Trinajstić information content (AvgIpc) is 1.97. The first-order valence-electron chi connectivity index (χ1n) is 4.74. The largest absolute Gasteiger partial charge is 0.394 e. The molecular weight excluding hydrogens is 184 g/mol. The molecule has 0 atom stereocenters. The lowest BCUT2D eigenvalue weighted by Crippen LogP contribution is -2.21. The lowest BCUT2D eigenvalue weighted by Gasteiger charge is -2.13. The Morgan fingerprint density at radius 1 is 1.43 bits per heavy atom. The van der Waals surface area contributed by atoms with Crippen LogP contribution in [0.15, 0.2) is 0 Å². The molecule has 86 valence electrons. The summed E-state index contributed by atoms with van der Waals surface area (Å²) >= 11 is 0. The van der Waals surface area contributed by atoms with Gasteiger partial charge in [-0.3, -0.25) is 4.79 Å². The molecule has 0 saturated carbocycles. The molecule has 0 aromatic rings. The van der Waals surface area contributed by atoms with Gasteiger partial charge in [0.05, 0.1) is 18.8 Å². The SMILES string of the molecule is CC(=O)CC(C)(C)O.CCOCCO. The molecule has 0 bridgehead atoms. The maximum atomic E-state index is 10.3. The highest BCUT2D eigenvalue weighted by atomic mass is 16.5. The van der Waals surface area contributed by atoms with Gasteiger partial charge in [-0.1, -0.05) is 0 Å². The highest BCUT2D eigenvalue weighted by molar-refractivity contribution is 5.76. The standard InChI is InChI=1S/C6H12O2.C4H10O2/c1-5(7)4-6(2,3)8;1-2-6-4-3-5/h8H,4H2,1-3H3;5H,2-4H2,1H3. The quantitative estimate of drug-likeness (QED) is 0.651. The maximum Gasteiger partial charge on any atom is 0.132 e. The summed E-state index contributed by atoms with van der Waals surface area (Å²) in [6.07, 6.45) is 0.243. The van der Waals surface area contributed by atoms with Crippen LogP contribution in [0.5, 0.6) is 0 Å². The van der Waals surface area contributed by atoms with Crippen LogP contribution < -0.4 is 0 Å². The molecule has 4 nitrogen and oxygen atoms in total. The molecule has 2 N–H and O–H groups in total. The van der Waals surface area contributed by atoms with E-state index in [-0.39, 0.29) is 18.8 Å². The number of aliphatic hydroxyl groups is 2. The molecule has 0 saturated heterocycles. The van der Waals surface area contributed by atoms with Crippen LogP contribution in [0, 0.1) is 0 Å². The Balaban J connectivity index is 0. The molecular formula is C10H22O4. The Kier molecular flexibility index (Phi) is 10.4. The van der Waals surface area contributed by atoms with Gasteiger partial charge in [0.2, 0.25) is 0 Å². The van der Waals surface area contributed by atoms with Gasteiger partial charge in [0.1, 0.15) is 5.78 Å². The molecule has 0 heterocycles. The van der Waals surface area contributed by atoms with Crippen molar-refractivity contribution < 1.29 is 19.7 Å². The van der Waals surface area contributed by atoms with E-state index in [4.69, 9.17) is 14.9 Å². The van der Waals surface area contributed by atoms with Crippen LogP contribution in [0.2, 0.25) is 0 Å². The predicted molar refractivity (Wildman–Crippen MR) is 55.2 cm³/mol. The zero-order chi connectivity index (χ0) is 11.6. The van der Waals surface area contributed by atoms with Gasteiger partial charge in [-0.2, -0.15) is 0 Å². The van der Waals surface area contributed by atoms with E-state index >= 15 is 0 Å². The second-order valence-corrected chi connectivity index (χ2v) is 3.61. The third kappa shape index (κ3) is 22.6. The first-order valence-corrected chi connectivity index (χ1v) is 4.74. The number of carbonyl (C=O) groups excluding carboxylic acids is 1. The molecule has 0 aliphatic carbocycles. The minimum Gasteiger partial charge on any atom is -0.394 e. The van der Waals surface area contributed by atoms with E-state index in [9.17, 15) is 4.79 Å². The van der Waals surface area contributed by atoms with E-state index in [1.807, 2.05) is 6.92 Å². The summed E-state index contributed by atoms with van der Waals surface area (Å²) in [6.45, 7) is 7.90. The van der Waals surface area contributed by atoms with Gasteiger partial charge in [-0.25, -0.2) is 0 Å². The topological polar surface area (TPSA) is 66.8 Å². The van der Waals surface area contributed by atoms with Gasteiger partial charge in [0.15, 0.2) is 0 Å². The smallest absolute Gasteiger partial charge is 0.132 e. The van der Waals surface area contributed by atoms with Gasteiger partial charge in [0.25, 0.3) is 0 Å². The molecule has 0 rings (SSSR count). The lowest BCUT2D eigenvalue weighted by atomic mass is 10.0. The Morgan fingerprint density at radius 2 is 1.93 bits per heavy atom. The Bertz CT molecular complexity index is 134. The zero-order valence-corrected chi connectivity index (χ0v) is 9.54. The summed E-state index contributed by atoms with van der Waals surface area (Å²) in [6, 6.07) is 0. The molecule has 0 aromatic heterocycles. The van der Waals surface area contributed by atoms with Crippen LogP contribution in [0.25, 0.3) is 0 Å². The minimum absolute atomic E-state index is 0.0255. The second-order valence-electron chi connectivity index (χ2n) is 3.61. The fraction of sp³-hybridized carbons (Fsp3) is 0.900. The summed E-state index contributed by atoms with van der Waals surface area (Å²) in [5.41, 5.74) is -0.828. The number of carbonyl (C=O) groups is 1. The number of hydrogen-bond acceptors (Lipinski definition) is 4. The molecule has 0 aliphatic rings. The molecule has 0 amide bonds.